The van der Waals surface area contributed by atoms with Crippen molar-refractivity contribution in [3.63, 3.8) is 0 Å². The summed E-state index contributed by atoms with van der Waals surface area (Å²) in [4.78, 5) is 4.20. The molecule has 0 aliphatic rings. The van der Waals surface area contributed by atoms with Crippen molar-refractivity contribution >= 4 is 21.6 Å². The molecule has 0 aliphatic heterocycles. The van der Waals surface area contributed by atoms with Gasteiger partial charge in [0, 0.05) is 4.47 Å². The van der Waals surface area contributed by atoms with E-state index in [1.54, 1.807) is 0 Å². The molecule has 0 amide bonds. The Morgan fingerprint density at radius 1 is 1.40 bits per heavy atom. The third kappa shape index (κ3) is 1.29. The van der Waals surface area contributed by atoms with Crippen LogP contribution in [-0.2, 0) is 0 Å². The maximum absolute atomic E-state index is 5.60. The first-order chi connectivity index (χ1) is 4.61. The van der Waals surface area contributed by atoms with Crippen molar-refractivity contribution in [2.75, 3.05) is 5.73 Å². The van der Waals surface area contributed by atoms with E-state index in [0.29, 0.717) is 0 Å². The number of halogens is 1. The quantitative estimate of drug-likeness (QED) is 0.697. The molecule has 0 spiro atoms. The molecule has 0 aliphatic carbocycles. The maximum atomic E-state index is 5.60. The fourth-order valence-corrected chi connectivity index (χ4v) is 1.05. The Kier molecular flexibility index (Phi) is 1.94. The number of pyridine rings is 1. The molecular formula is C7H9BrN2. The largest absolute Gasteiger partial charge is 0.397 e. The highest BCUT2D eigenvalue weighted by atomic mass is 79.9. The monoisotopic (exact) mass is 200 g/mol. The fourth-order valence-electron chi connectivity index (χ4n) is 0.715. The molecule has 0 fully saturated rings. The van der Waals surface area contributed by atoms with Crippen LogP contribution in [0.3, 0.4) is 0 Å². The summed E-state index contributed by atoms with van der Waals surface area (Å²) in [6.07, 6.45) is 0. The van der Waals surface area contributed by atoms with Crippen LogP contribution in [0, 0.1) is 13.8 Å². The van der Waals surface area contributed by atoms with Crippen LogP contribution in [0.25, 0.3) is 0 Å². The van der Waals surface area contributed by atoms with Crippen LogP contribution in [0.15, 0.2) is 10.5 Å². The zero-order valence-corrected chi connectivity index (χ0v) is 7.57. The molecule has 0 aromatic carbocycles. The maximum Gasteiger partial charge on any atom is 0.0605 e. The predicted octanol–water partition coefficient (Wildman–Crippen LogP) is 2.04. The van der Waals surface area contributed by atoms with Crippen LogP contribution in [0.4, 0.5) is 5.69 Å². The van der Waals surface area contributed by atoms with Crippen LogP contribution in [0.5, 0.6) is 0 Å². The van der Waals surface area contributed by atoms with Crippen molar-refractivity contribution in [2.24, 2.45) is 0 Å². The normalized spacial score (nSPS) is 9.90. The van der Waals surface area contributed by atoms with Gasteiger partial charge in [-0.15, -0.1) is 0 Å². The van der Waals surface area contributed by atoms with Crippen molar-refractivity contribution in [3.8, 4) is 0 Å². The average molecular weight is 201 g/mol. The predicted molar refractivity (Wildman–Crippen MR) is 45.8 cm³/mol. The highest BCUT2D eigenvalue weighted by Gasteiger charge is 1.98. The Hall–Kier alpha value is -0.570. The van der Waals surface area contributed by atoms with E-state index in [9.17, 15) is 0 Å². The summed E-state index contributed by atoms with van der Waals surface area (Å²) in [5.74, 6) is 0. The van der Waals surface area contributed by atoms with E-state index in [1.165, 1.54) is 0 Å². The Morgan fingerprint density at radius 2 is 2.00 bits per heavy atom. The number of nitrogens with two attached hydrogens (primary N) is 1. The highest BCUT2D eigenvalue weighted by Crippen LogP contribution is 2.18. The number of aromatic nitrogens is 1. The van der Waals surface area contributed by atoms with Gasteiger partial charge in [-0.3, -0.25) is 4.98 Å². The van der Waals surface area contributed by atoms with E-state index < -0.39 is 0 Å². The van der Waals surface area contributed by atoms with Gasteiger partial charge in [0.2, 0.25) is 0 Å². The van der Waals surface area contributed by atoms with E-state index >= 15 is 0 Å². The minimum Gasteiger partial charge on any atom is -0.397 e. The van der Waals surface area contributed by atoms with Gasteiger partial charge in [-0.1, -0.05) is 0 Å². The first-order valence-electron chi connectivity index (χ1n) is 3.00. The lowest BCUT2D eigenvalue weighted by atomic mass is 10.3. The Balaban J connectivity index is 3.28. The SMILES string of the molecule is Cc1nc(C)c(Br)cc1N. The van der Waals surface area contributed by atoms with Gasteiger partial charge in [0.05, 0.1) is 17.1 Å². The number of nitrogen functional groups attached to an aromatic ring is 1. The van der Waals surface area contributed by atoms with Gasteiger partial charge in [0.15, 0.2) is 0 Å². The number of hydrogen-bond acceptors (Lipinski definition) is 2. The van der Waals surface area contributed by atoms with E-state index in [1.807, 2.05) is 19.9 Å². The molecule has 0 bridgehead atoms. The van der Waals surface area contributed by atoms with Gasteiger partial charge >= 0.3 is 0 Å². The summed E-state index contributed by atoms with van der Waals surface area (Å²) in [5, 5.41) is 0. The molecular weight excluding hydrogens is 192 g/mol. The summed E-state index contributed by atoms with van der Waals surface area (Å²) in [6.45, 7) is 3.84. The Morgan fingerprint density at radius 3 is 2.50 bits per heavy atom. The molecule has 2 N–H and O–H groups in total. The molecule has 1 aromatic heterocycles. The van der Waals surface area contributed by atoms with Crippen LogP contribution in [-0.4, -0.2) is 4.98 Å². The Bertz CT molecular complexity index is 208. The van der Waals surface area contributed by atoms with Gasteiger partial charge in [0.25, 0.3) is 0 Å². The van der Waals surface area contributed by atoms with Crippen LogP contribution in [0.2, 0.25) is 0 Å². The van der Waals surface area contributed by atoms with E-state index in [0.717, 1.165) is 21.5 Å². The summed E-state index contributed by atoms with van der Waals surface area (Å²) >= 11 is 3.34. The molecule has 2 nitrogen and oxygen atoms in total. The lowest BCUT2D eigenvalue weighted by Crippen LogP contribution is -1.94. The molecule has 0 saturated heterocycles. The zero-order chi connectivity index (χ0) is 7.72. The average Bonchev–Trinajstić information content (AvgIpc) is 1.84. The smallest absolute Gasteiger partial charge is 0.0605 e. The molecule has 10 heavy (non-hydrogen) atoms. The van der Waals surface area contributed by atoms with Gasteiger partial charge < -0.3 is 5.73 Å². The number of aryl methyl sites for hydroxylation is 2. The minimum absolute atomic E-state index is 0.734. The number of anilines is 1. The van der Waals surface area contributed by atoms with Gasteiger partial charge in [0.1, 0.15) is 0 Å². The lowest BCUT2D eigenvalue weighted by molar-refractivity contribution is 1.11. The zero-order valence-electron chi connectivity index (χ0n) is 5.98. The molecule has 0 saturated carbocycles. The number of rotatable bonds is 0. The van der Waals surface area contributed by atoms with E-state index in [2.05, 4.69) is 20.9 Å². The first kappa shape index (κ1) is 7.54. The third-order valence-electron chi connectivity index (χ3n) is 1.38. The lowest BCUT2D eigenvalue weighted by Gasteiger charge is -2.01. The summed E-state index contributed by atoms with van der Waals surface area (Å²) in [7, 11) is 0. The second-order valence-electron chi connectivity index (χ2n) is 2.23. The van der Waals surface area contributed by atoms with Crippen molar-refractivity contribution < 1.29 is 0 Å². The summed E-state index contributed by atoms with van der Waals surface area (Å²) in [5.41, 5.74) is 8.20. The molecule has 0 atom stereocenters. The minimum atomic E-state index is 0.734. The van der Waals surface area contributed by atoms with E-state index in [4.69, 9.17) is 5.73 Å². The van der Waals surface area contributed by atoms with Crippen LogP contribution in [0.1, 0.15) is 11.4 Å². The highest BCUT2D eigenvalue weighted by molar-refractivity contribution is 9.10. The first-order valence-corrected chi connectivity index (χ1v) is 3.80. The Labute approximate surface area is 68.6 Å². The fraction of sp³-hybridized carbons (Fsp3) is 0.286. The molecule has 1 aromatic rings. The standard InChI is InChI=1S/C7H9BrN2/c1-4-6(8)3-7(9)5(2)10-4/h3H,9H2,1-2H3. The molecule has 3 heteroatoms. The van der Waals surface area contributed by atoms with Crippen molar-refractivity contribution in [1.82, 2.24) is 4.98 Å². The number of hydrogen-bond donors (Lipinski definition) is 1. The second kappa shape index (κ2) is 2.58. The van der Waals surface area contributed by atoms with Crippen molar-refractivity contribution in [3.05, 3.63) is 21.9 Å². The molecule has 0 unspecified atom stereocenters. The third-order valence-corrected chi connectivity index (χ3v) is 2.18. The summed E-state index contributed by atoms with van der Waals surface area (Å²) < 4.78 is 0.968. The van der Waals surface area contributed by atoms with Crippen LogP contribution < -0.4 is 5.73 Å². The van der Waals surface area contributed by atoms with Gasteiger partial charge in [-0.05, 0) is 35.8 Å². The second-order valence-corrected chi connectivity index (χ2v) is 3.08. The topological polar surface area (TPSA) is 38.9 Å². The molecule has 1 heterocycles. The van der Waals surface area contributed by atoms with Crippen LogP contribution >= 0.6 is 15.9 Å². The molecule has 54 valence electrons. The van der Waals surface area contributed by atoms with Crippen molar-refractivity contribution in [2.45, 2.75) is 13.8 Å². The van der Waals surface area contributed by atoms with Gasteiger partial charge in [-0.25, -0.2) is 0 Å². The van der Waals surface area contributed by atoms with E-state index in [-0.39, 0.29) is 0 Å². The van der Waals surface area contributed by atoms with Gasteiger partial charge in [-0.2, -0.15) is 0 Å². The number of nitrogens with zero attached hydrogens (tertiary/aromatic N) is 1. The van der Waals surface area contributed by atoms with Crippen molar-refractivity contribution in [1.29, 1.82) is 0 Å². The molecule has 1 rings (SSSR count). The molecule has 0 radical (unpaired) electrons. The summed E-state index contributed by atoms with van der Waals surface area (Å²) in [6, 6.07) is 1.87.